The number of benzene rings is 2. The van der Waals surface area contributed by atoms with Gasteiger partial charge in [0.1, 0.15) is 0 Å². The van der Waals surface area contributed by atoms with Gasteiger partial charge in [-0.25, -0.2) is 0 Å². The molecule has 0 fully saturated rings. The number of amides is 1. The fourth-order valence-electron chi connectivity index (χ4n) is 3.54. The number of fused-ring (bicyclic) bond motifs is 1. The average Bonchev–Trinajstić information content (AvgIpc) is 3.16. The molecular weight excluding hydrogens is 354 g/mol. The largest absolute Gasteiger partial charge is 0.490 e. The molecule has 0 aromatic heterocycles. The molecule has 1 aliphatic carbocycles. The van der Waals surface area contributed by atoms with Crippen molar-refractivity contribution in [1.29, 1.82) is 0 Å². The maximum absolute atomic E-state index is 12.8. The summed E-state index contributed by atoms with van der Waals surface area (Å²) >= 11 is 0. The smallest absolute Gasteiger partial charge is 0.251 e. The molecule has 0 bridgehead atoms. The highest BCUT2D eigenvalue weighted by molar-refractivity contribution is 5.95. The van der Waals surface area contributed by atoms with Gasteiger partial charge in [-0.3, -0.25) is 4.79 Å². The summed E-state index contributed by atoms with van der Waals surface area (Å²) in [5.41, 5.74) is 4.46. The van der Waals surface area contributed by atoms with Gasteiger partial charge in [0.15, 0.2) is 11.5 Å². The summed E-state index contributed by atoms with van der Waals surface area (Å²) in [4.78, 5) is 12.8. The van der Waals surface area contributed by atoms with Crippen molar-refractivity contribution in [3.05, 3.63) is 52.6 Å². The zero-order valence-electron chi connectivity index (χ0n) is 17.0. The number of rotatable bonds is 9. The van der Waals surface area contributed by atoms with E-state index in [9.17, 15) is 4.79 Å². The van der Waals surface area contributed by atoms with Crippen LogP contribution in [-0.2, 0) is 19.4 Å². The Morgan fingerprint density at radius 2 is 1.54 bits per heavy atom. The van der Waals surface area contributed by atoms with Crippen LogP contribution in [0.2, 0.25) is 0 Å². The first-order valence-electron chi connectivity index (χ1n) is 10.1. The van der Waals surface area contributed by atoms with E-state index in [2.05, 4.69) is 23.5 Å². The third-order valence-corrected chi connectivity index (χ3v) is 4.79. The molecule has 1 aliphatic rings. The SMILES string of the molecule is CCOc1cc(C(=O)NCc2ccc3c(c2)CCC3)cc(OCC)c1OCC. The third-order valence-electron chi connectivity index (χ3n) is 4.79. The lowest BCUT2D eigenvalue weighted by Gasteiger charge is -2.17. The predicted molar refractivity (Wildman–Crippen MR) is 110 cm³/mol. The highest BCUT2D eigenvalue weighted by Crippen LogP contribution is 2.39. The minimum absolute atomic E-state index is 0.162. The van der Waals surface area contributed by atoms with Gasteiger partial charge in [0.25, 0.3) is 5.91 Å². The van der Waals surface area contributed by atoms with Crippen molar-refractivity contribution in [3.8, 4) is 17.2 Å². The molecule has 1 amide bonds. The molecule has 1 N–H and O–H groups in total. The van der Waals surface area contributed by atoms with E-state index in [0.29, 0.717) is 49.2 Å². The molecule has 0 heterocycles. The Kier molecular flexibility index (Phi) is 6.80. The Labute approximate surface area is 167 Å². The van der Waals surface area contributed by atoms with Crippen LogP contribution < -0.4 is 19.5 Å². The number of carbonyl (C=O) groups is 1. The van der Waals surface area contributed by atoms with E-state index in [1.54, 1.807) is 12.1 Å². The maximum atomic E-state index is 12.8. The number of aryl methyl sites for hydroxylation is 2. The maximum Gasteiger partial charge on any atom is 0.251 e. The first kappa shape index (κ1) is 20.1. The molecule has 0 saturated carbocycles. The van der Waals surface area contributed by atoms with Crippen LogP contribution in [0.4, 0.5) is 0 Å². The first-order chi connectivity index (χ1) is 13.7. The molecule has 5 nitrogen and oxygen atoms in total. The van der Waals surface area contributed by atoms with E-state index in [-0.39, 0.29) is 5.91 Å². The van der Waals surface area contributed by atoms with Gasteiger partial charge in [-0.2, -0.15) is 0 Å². The van der Waals surface area contributed by atoms with Crippen molar-refractivity contribution in [2.75, 3.05) is 19.8 Å². The number of hydrogen-bond donors (Lipinski definition) is 1. The molecule has 3 rings (SSSR count). The summed E-state index contributed by atoms with van der Waals surface area (Å²) < 4.78 is 17.1. The van der Waals surface area contributed by atoms with E-state index in [4.69, 9.17) is 14.2 Å². The van der Waals surface area contributed by atoms with Crippen LogP contribution >= 0.6 is 0 Å². The lowest BCUT2D eigenvalue weighted by molar-refractivity contribution is 0.0949. The monoisotopic (exact) mass is 383 g/mol. The molecule has 0 unspecified atom stereocenters. The van der Waals surface area contributed by atoms with Crippen LogP contribution in [0, 0.1) is 0 Å². The molecule has 28 heavy (non-hydrogen) atoms. The molecule has 0 spiro atoms. The fraction of sp³-hybridized carbons (Fsp3) is 0.435. The van der Waals surface area contributed by atoms with E-state index in [1.165, 1.54) is 17.5 Å². The Hall–Kier alpha value is -2.69. The minimum Gasteiger partial charge on any atom is -0.490 e. The van der Waals surface area contributed by atoms with Gasteiger partial charge >= 0.3 is 0 Å². The van der Waals surface area contributed by atoms with E-state index >= 15 is 0 Å². The topological polar surface area (TPSA) is 56.8 Å². The van der Waals surface area contributed by atoms with E-state index in [1.807, 2.05) is 20.8 Å². The summed E-state index contributed by atoms with van der Waals surface area (Å²) in [6, 6.07) is 9.92. The number of nitrogens with one attached hydrogen (secondary N) is 1. The molecule has 0 aliphatic heterocycles. The molecule has 5 heteroatoms. The van der Waals surface area contributed by atoms with Crippen LogP contribution in [0.3, 0.4) is 0 Å². The molecule has 150 valence electrons. The van der Waals surface area contributed by atoms with Crippen molar-refractivity contribution in [2.24, 2.45) is 0 Å². The van der Waals surface area contributed by atoms with Gasteiger partial charge in [0.2, 0.25) is 5.75 Å². The van der Waals surface area contributed by atoms with Crippen molar-refractivity contribution in [1.82, 2.24) is 5.32 Å². The van der Waals surface area contributed by atoms with E-state index < -0.39 is 0 Å². The van der Waals surface area contributed by atoms with Gasteiger partial charge in [0.05, 0.1) is 19.8 Å². The second kappa shape index (κ2) is 9.49. The number of carbonyl (C=O) groups excluding carboxylic acids is 1. The van der Waals surface area contributed by atoms with Gasteiger partial charge in [-0.1, -0.05) is 18.2 Å². The lowest BCUT2D eigenvalue weighted by Crippen LogP contribution is -2.23. The van der Waals surface area contributed by atoms with Crippen molar-refractivity contribution in [2.45, 2.75) is 46.6 Å². The lowest BCUT2D eigenvalue weighted by atomic mass is 10.1. The first-order valence-corrected chi connectivity index (χ1v) is 10.1. The highest BCUT2D eigenvalue weighted by Gasteiger charge is 2.18. The molecule has 0 saturated heterocycles. The number of ether oxygens (including phenoxy) is 3. The molecular formula is C23H29NO4. The summed E-state index contributed by atoms with van der Waals surface area (Å²) in [6.45, 7) is 7.64. The van der Waals surface area contributed by atoms with Gasteiger partial charge < -0.3 is 19.5 Å². The van der Waals surface area contributed by atoms with Crippen molar-refractivity contribution in [3.63, 3.8) is 0 Å². The van der Waals surface area contributed by atoms with Gasteiger partial charge in [0, 0.05) is 12.1 Å². The molecule has 0 atom stereocenters. The third kappa shape index (κ3) is 4.58. The van der Waals surface area contributed by atoms with Crippen molar-refractivity contribution < 1.29 is 19.0 Å². The summed E-state index contributed by atoms with van der Waals surface area (Å²) in [7, 11) is 0. The van der Waals surface area contributed by atoms with E-state index in [0.717, 1.165) is 18.4 Å². The highest BCUT2D eigenvalue weighted by atomic mass is 16.5. The number of hydrogen-bond acceptors (Lipinski definition) is 4. The molecule has 0 radical (unpaired) electrons. The van der Waals surface area contributed by atoms with Gasteiger partial charge in [-0.05, 0) is 68.9 Å². The zero-order chi connectivity index (χ0) is 19.9. The predicted octanol–water partition coefficient (Wildman–Crippen LogP) is 4.30. The minimum atomic E-state index is -0.162. The van der Waals surface area contributed by atoms with Gasteiger partial charge in [-0.15, -0.1) is 0 Å². The summed E-state index contributed by atoms with van der Waals surface area (Å²) in [6.07, 6.45) is 3.51. The van der Waals surface area contributed by atoms with Crippen LogP contribution in [0.15, 0.2) is 30.3 Å². The van der Waals surface area contributed by atoms with Crippen LogP contribution in [0.5, 0.6) is 17.2 Å². The fourth-order valence-corrected chi connectivity index (χ4v) is 3.54. The normalized spacial score (nSPS) is 12.4. The second-order valence-electron chi connectivity index (χ2n) is 6.74. The molecule has 2 aromatic rings. The Balaban J connectivity index is 1.78. The molecule has 2 aromatic carbocycles. The average molecular weight is 383 g/mol. The Morgan fingerprint density at radius 1 is 0.893 bits per heavy atom. The Bertz CT molecular complexity index is 804. The van der Waals surface area contributed by atoms with Crippen LogP contribution in [0.1, 0.15) is 54.2 Å². The zero-order valence-corrected chi connectivity index (χ0v) is 17.0. The summed E-state index contributed by atoms with van der Waals surface area (Å²) in [5.74, 6) is 1.43. The standard InChI is InChI=1S/C23H29NO4/c1-4-26-20-13-19(14-21(27-5-2)22(20)28-6-3)23(25)24-15-16-10-11-17-8-7-9-18(17)12-16/h10-14H,4-9,15H2,1-3H3,(H,24,25). The summed E-state index contributed by atoms with van der Waals surface area (Å²) in [5, 5.41) is 3.01. The van der Waals surface area contributed by atoms with Crippen LogP contribution in [-0.4, -0.2) is 25.7 Å². The Morgan fingerprint density at radius 3 is 2.18 bits per heavy atom. The van der Waals surface area contributed by atoms with Crippen molar-refractivity contribution >= 4 is 5.91 Å². The van der Waals surface area contributed by atoms with Crippen LogP contribution in [0.25, 0.3) is 0 Å². The second-order valence-corrected chi connectivity index (χ2v) is 6.74. The quantitative estimate of drug-likeness (QED) is 0.701.